The van der Waals surface area contributed by atoms with Gasteiger partial charge >= 0.3 is 0 Å². The molecule has 0 heterocycles. The molecule has 1 aromatic carbocycles. The number of hydrogen-bond acceptors (Lipinski definition) is 0. The van der Waals surface area contributed by atoms with E-state index in [1.165, 1.54) is 0 Å². The molecule has 0 aliphatic heterocycles. The summed E-state index contributed by atoms with van der Waals surface area (Å²) in [5.74, 6) is -0.255. The van der Waals surface area contributed by atoms with E-state index in [0.717, 1.165) is 16.5 Å². The number of rotatable bonds is 3. The van der Waals surface area contributed by atoms with Crippen molar-refractivity contribution in [3.8, 4) is 0 Å². The topological polar surface area (TPSA) is 0 Å². The van der Waals surface area contributed by atoms with Crippen LogP contribution in [-0.2, 0) is 6.42 Å². The number of allylic oxidation sites excluding steroid dienone is 1. The molecule has 0 saturated heterocycles. The molecule has 1 rings (SSSR count). The Morgan fingerprint density at radius 1 is 1.50 bits per heavy atom. The normalized spacial score (nSPS) is 9.83. The lowest BCUT2D eigenvalue weighted by Crippen LogP contribution is -1.84. The summed E-state index contributed by atoms with van der Waals surface area (Å²) in [6.07, 6.45) is 1.13. The summed E-state index contributed by atoms with van der Waals surface area (Å²) in [5, 5.41) is 0. The zero-order valence-corrected chi connectivity index (χ0v) is 8.27. The molecule has 0 fully saturated rings. The van der Waals surface area contributed by atoms with Crippen molar-refractivity contribution < 1.29 is 4.39 Å². The highest BCUT2D eigenvalue weighted by molar-refractivity contribution is 9.10. The SMILES string of the molecule is C=C(F)CCc1cccc(Br)c1. The van der Waals surface area contributed by atoms with Gasteiger partial charge in [-0.25, -0.2) is 4.39 Å². The minimum absolute atomic E-state index is 0.255. The predicted octanol–water partition coefficient (Wildman–Crippen LogP) is 3.86. The van der Waals surface area contributed by atoms with Crippen molar-refractivity contribution in [2.45, 2.75) is 12.8 Å². The van der Waals surface area contributed by atoms with E-state index < -0.39 is 0 Å². The molecular formula is C10H10BrF. The minimum Gasteiger partial charge on any atom is -0.212 e. The maximum Gasteiger partial charge on any atom is 0.0931 e. The second-order valence-corrected chi connectivity index (χ2v) is 3.56. The molecule has 0 aromatic heterocycles. The highest BCUT2D eigenvalue weighted by Gasteiger charge is 1.95. The summed E-state index contributed by atoms with van der Waals surface area (Å²) >= 11 is 3.35. The van der Waals surface area contributed by atoms with Crippen LogP contribution in [0.1, 0.15) is 12.0 Å². The average molecular weight is 229 g/mol. The summed E-state index contributed by atoms with van der Waals surface area (Å²) in [4.78, 5) is 0. The lowest BCUT2D eigenvalue weighted by molar-refractivity contribution is 0.593. The molecule has 0 unspecified atom stereocenters. The molecule has 2 heteroatoms. The molecule has 0 N–H and O–H groups in total. The largest absolute Gasteiger partial charge is 0.212 e. The van der Waals surface area contributed by atoms with Crippen molar-refractivity contribution in [3.05, 3.63) is 46.7 Å². The second-order valence-electron chi connectivity index (χ2n) is 2.65. The summed E-state index contributed by atoms with van der Waals surface area (Å²) in [6, 6.07) is 7.87. The summed E-state index contributed by atoms with van der Waals surface area (Å²) in [5.41, 5.74) is 1.13. The molecule has 0 aliphatic carbocycles. The van der Waals surface area contributed by atoms with Crippen molar-refractivity contribution in [2.75, 3.05) is 0 Å². The van der Waals surface area contributed by atoms with Crippen LogP contribution in [-0.4, -0.2) is 0 Å². The fourth-order valence-electron chi connectivity index (χ4n) is 0.972. The van der Waals surface area contributed by atoms with Gasteiger partial charge in [-0.2, -0.15) is 0 Å². The third-order valence-electron chi connectivity index (χ3n) is 1.57. The molecule has 0 saturated carbocycles. The van der Waals surface area contributed by atoms with Crippen LogP contribution in [0.15, 0.2) is 41.1 Å². The molecule has 12 heavy (non-hydrogen) atoms. The molecule has 0 atom stereocenters. The van der Waals surface area contributed by atoms with Gasteiger partial charge in [0.25, 0.3) is 0 Å². The third-order valence-corrected chi connectivity index (χ3v) is 2.07. The summed E-state index contributed by atoms with van der Waals surface area (Å²) in [7, 11) is 0. The summed E-state index contributed by atoms with van der Waals surface area (Å²) < 4.78 is 13.3. The smallest absolute Gasteiger partial charge is 0.0931 e. The van der Waals surface area contributed by atoms with Crippen molar-refractivity contribution in [1.82, 2.24) is 0 Å². The molecule has 64 valence electrons. The molecule has 0 bridgehead atoms. The van der Waals surface area contributed by atoms with Gasteiger partial charge in [0.05, 0.1) is 5.83 Å². The first-order chi connectivity index (χ1) is 5.68. The van der Waals surface area contributed by atoms with Crippen LogP contribution < -0.4 is 0 Å². The van der Waals surface area contributed by atoms with Crippen molar-refractivity contribution in [3.63, 3.8) is 0 Å². The first kappa shape index (κ1) is 9.46. The fourth-order valence-corrected chi connectivity index (χ4v) is 1.42. The number of halogens is 2. The molecular weight excluding hydrogens is 219 g/mol. The van der Waals surface area contributed by atoms with Gasteiger partial charge in [0, 0.05) is 10.9 Å². The second kappa shape index (κ2) is 4.41. The summed E-state index contributed by atoms with van der Waals surface area (Å²) in [6.45, 7) is 3.21. The highest BCUT2D eigenvalue weighted by atomic mass is 79.9. The Morgan fingerprint density at radius 3 is 2.83 bits per heavy atom. The van der Waals surface area contributed by atoms with Gasteiger partial charge in [-0.15, -0.1) is 0 Å². The van der Waals surface area contributed by atoms with Crippen LogP contribution in [0, 0.1) is 0 Å². The first-order valence-corrected chi connectivity index (χ1v) is 4.55. The van der Waals surface area contributed by atoms with E-state index in [1.54, 1.807) is 0 Å². The monoisotopic (exact) mass is 228 g/mol. The van der Waals surface area contributed by atoms with Gasteiger partial charge in [0.2, 0.25) is 0 Å². The first-order valence-electron chi connectivity index (χ1n) is 3.76. The van der Waals surface area contributed by atoms with Gasteiger partial charge < -0.3 is 0 Å². The maximum atomic E-state index is 12.3. The van der Waals surface area contributed by atoms with Gasteiger partial charge in [0.1, 0.15) is 0 Å². The van der Waals surface area contributed by atoms with E-state index >= 15 is 0 Å². The number of benzene rings is 1. The van der Waals surface area contributed by atoms with E-state index in [0.29, 0.717) is 6.42 Å². The number of aryl methyl sites for hydroxylation is 1. The van der Waals surface area contributed by atoms with Gasteiger partial charge in [-0.05, 0) is 24.1 Å². The third kappa shape index (κ3) is 3.18. The Bertz CT molecular complexity index is 281. The zero-order chi connectivity index (χ0) is 8.97. The van der Waals surface area contributed by atoms with Gasteiger partial charge in [-0.1, -0.05) is 34.6 Å². The molecule has 0 spiro atoms. The average Bonchev–Trinajstić information content (AvgIpc) is 2.01. The standard InChI is InChI=1S/C10H10BrF/c1-8(12)5-6-9-3-2-4-10(11)7-9/h2-4,7H,1,5-6H2. The van der Waals surface area contributed by atoms with Crippen LogP contribution in [0.2, 0.25) is 0 Å². The number of hydrogen-bond donors (Lipinski definition) is 0. The van der Waals surface area contributed by atoms with E-state index in [4.69, 9.17) is 0 Å². The Hall–Kier alpha value is -0.630. The molecule has 0 aliphatic rings. The van der Waals surface area contributed by atoms with Crippen LogP contribution in [0.3, 0.4) is 0 Å². The van der Waals surface area contributed by atoms with Gasteiger partial charge in [0.15, 0.2) is 0 Å². The lowest BCUT2D eigenvalue weighted by Gasteiger charge is -1.99. The van der Waals surface area contributed by atoms with E-state index in [1.807, 2.05) is 24.3 Å². The molecule has 0 nitrogen and oxygen atoms in total. The Morgan fingerprint density at radius 2 is 2.25 bits per heavy atom. The quantitative estimate of drug-likeness (QED) is 0.738. The van der Waals surface area contributed by atoms with E-state index in [-0.39, 0.29) is 5.83 Å². The minimum atomic E-state index is -0.255. The fraction of sp³-hybridized carbons (Fsp3) is 0.200. The highest BCUT2D eigenvalue weighted by Crippen LogP contribution is 2.14. The Kier molecular flexibility index (Phi) is 3.48. The van der Waals surface area contributed by atoms with Gasteiger partial charge in [-0.3, -0.25) is 0 Å². The van der Waals surface area contributed by atoms with Crippen LogP contribution in [0.4, 0.5) is 4.39 Å². The van der Waals surface area contributed by atoms with Crippen molar-refractivity contribution in [1.29, 1.82) is 0 Å². The molecule has 1 aromatic rings. The zero-order valence-electron chi connectivity index (χ0n) is 6.69. The molecule has 0 radical (unpaired) electrons. The predicted molar refractivity (Wildman–Crippen MR) is 52.7 cm³/mol. The lowest BCUT2D eigenvalue weighted by atomic mass is 10.1. The van der Waals surface area contributed by atoms with Crippen LogP contribution in [0.5, 0.6) is 0 Å². The molecule has 0 amide bonds. The van der Waals surface area contributed by atoms with Crippen molar-refractivity contribution >= 4 is 15.9 Å². The van der Waals surface area contributed by atoms with Crippen LogP contribution >= 0.6 is 15.9 Å². The van der Waals surface area contributed by atoms with E-state index in [2.05, 4.69) is 22.5 Å². The van der Waals surface area contributed by atoms with E-state index in [9.17, 15) is 4.39 Å². The maximum absolute atomic E-state index is 12.3. The van der Waals surface area contributed by atoms with Crippen LogP contribution in [0.25, 0.3) is 0 Å². The van der Waals surface area contributed by atoms with Crippen molar-refractivity contribution in [2.24, 2.45) is 0 Å². The Balaban J connectivity index is 2.57. The Labute approximate surface area is 80.2 Å².